The van der Waals surface area contributed by atoms with E-state index in [4.69, 9.17) is 4.55 Å². The van der Waals surface area contributed by atoms with Crippen LogP contribution in [-0.4, -0.2) is 19.1 Å². The third-order valence-corrected chi connectivity index (χ3v) is 2.17. The van der Waals surface area contributed by atoms with Crippen molar-refractivity contribution in [1.82, 2.24) is 0 Å². The zero-order valence-electron chi connectivity index (χ0n) is 8.63. The predicted molar refractivity (Wildman–Crippen MR) is 48.3 cm³/mol. The molecule has 0 aliphatic rings. The van der Waals surface area contributed by atoms with Gasteiger partial charge in [-0.25, -0.2) is 13.2 Å². The summed E-state index contributed by atoms with van der Waals surface area (Å²) in [6.45, 7) is 0. The second kappa shape index (κ2) is 4.89. The van der Waals surface area contributed by atoms with Crippen LogP contribution in [0.2, 0.25) is 0 Å². The van der Waals surface area contributed by atoms with Crippen molar-refractivity contribution in [1.29, 1.82) is 0 Å². The van der Waals surface area contributed by atoms with Crippen LogP contribution in [0.15, 0.2) is 6.07 Å². The summed E-state index contributed by atoms with van der Waals surface area (Å²) in [4.78, 5) is 0. The quantitative estimate of drug-likeness (QED) is 0.688. The molecule has 0 bridgehead atoms. The molecule has 0 fully saturated rings. The summed E-state index contributed by atoms with van der Waals surface area (Å²) in [7, 11) is -5.38. The van der Waals surface area contributed by atoms with E-state index in [0.29, 0.717) is 0 Å². The maximum atomic E-state index is 13.4. The molecule has 19 heavy (non-hydrogen) atoms. The van der Waals surface area contributed by atoms with Crippen LogP contribution in [0.4, 0.5) is 26.3 Å². The minimum atomic E-state index is -5.38. The maximum absolute atomic E-state index is 13.4. The predicted octanol–water partition coefficient (Wildman–Crippen LogP) is 2.39. The van der Waals surface area contributed by atoms with E-state index in [-0.39, 0.29) is 6.07 Å². The van der Waals surface area contributed by atoms with E-state index >= 15 is 0 Å². The zero-order valence-corrected chi connectivity index (χ0v) is 9.45. The average Bonchev–Trinajstić information content (AvgIpc) is 2.16. The summed E-state index contributed by atoms with van der Waals surface area (Å²) in [5.74, 6) is -7.83. The molecule has 0 saturated carbocycles. The van der Waals surface area contributed by atoms with Crippen LogP contribution < -0.4 is 4.18 Å². The van der Waals surface area contributed by atoms with Gasteiger partial charge in [-0.15, -0.1) is 0 Å². The highest BCUT2D eigenvalue weighted by Crippen LogP contribution is 2.32. The first-order chi connectivity index (χ1) is 8.41. The van der Waals surface area contributed by atoms with Gasteiger partial charge in [-0.3, -0.25) is 4.55 Å². The van der Waals surface area contributed by atoms with Crippen LogP contribution in [0.5, 0.6) is 5.75 Å². The first-order valence-electron chi connectivity index (χ1n) is 4.31. The molecule has 0 radical (unpaired) electrons. The van der Waals surface area contributed by atoms with Gasteiger partial charge in [0.05, 0.1) is 6.42 Å². The molecule has 0 atom stereocenters. The van der Waals surface area contributed by atoms with Gasteiger partial charge in [0, 0.05) is 11.6 Å². The SMILES string of the molecule is O=S(=O)(O)Oc1c(F)cc(F)c(CC(F)(F)F)c1F. The molecular weight excluding hydrogens is 306 g/mol. The van der Waals surface area contributed by atoms with Crippen LogP contribution >= 0.6 is 0 Å². The van der Waals surface area contributed by atoms with E-state index in [1.807, 2.05) is 0 Å². The fourth-order valence-electron chi connectivity index (χ4n) is 1.15. The van der Waals surface area contributed by atoms with Crippen molar-refractivity contribution >= 4 is 10.4 Å². The molecule has 1 rings (SSSR count). The smallest absolute Gasteiger partial charge is 0.355 e. The molecule has 0 saturated heterocycles. The van der Waals surface area contributed by atoms with E-state index in [2.05, 4.69) is 4.18 Å². The van der Waals surface area contributed by atoms with Gasteiger partial charge in [0.2, 0.25) is 5.75 Å². The molecule has 0 heterocycles. The van der Waals surface area contributed by atoms with Crippen LogP contribution in [0.1, 0.15) is 5.56 Å². The first-order valence-corrected chi connectivity index (χ1v) is 5.67. The van der Waals surface area contributed by atoms with Crippen molar-refractivity contribution in [2.75, 3.05) is 0 Å². The normalized spacial score (nSPS) is 12.6. The molecule has 0 unspecified atom stereocenters. The van der Waals surface area contributed by atoms with Crippen molar-refractivity contribution in [2.45, 2.75) is 12.6 Å². The third kappa shape index (κ3) is 4.28. The molecule has 4 nitrogen and oxygen atoms in total. The Balaban J connectivity index is 3.38. The third-order valence-electron chi connectivity index (χ3n) is 1.79. The monoisotopic (exact) mass is 310 g/mol. The number of hydrogen-bond acceptors (Lipinski definition) is 3. The van der Waals surface area contributed by atoms with Gasteiger partial charge in [-0.2, -0.15) is 21.6 Å². The first kappa shape index (κ1) is 15.6. The fraction of sp³-hybridized carbons (Fsp3) is 0.250. The Hall–Kier alpha value is -1.49. The molecule has 1 aromatic carbocycles. The van der Waals surface area contributed by atoms with Crippen molar-refractivity contribution < 1.29 is 43.5 Å². The lowest BCUT2D eigenvalue weighted by Gasteiger charge is -2.11. The Labute approximate surface area is 102 Å². The highest BCUT2D eigenvalue weighted by atomic mass is 32.3. The van der Waals surface area contributed by atoms with Crippen molar-refractivity contribution in [3.8, 4) is 5.75 Å². The molecule has 0 aliphatic carbocycles. The number of alkyl halides is 3. The Bertz CT molecular complexity index is 594. The van der Waals surface area contributed by atoms with Crippen LogP contribution in [0.3, 0.4) is 0 Å². The summed E-state index contributed by atoms with van der Waals surface area (Å²) in [6.07, 6.45) is -7.12. The van der Waals surface area contributed by atoms with Gasteiger partial charge in [-0.1, -0.05) is 0 Å². The van der Waals surface area contributed by atoms with E-state index in [1.165, 1.54) is 0 Å². The lowest BCUT2D eigenvalue weighted by atomic mass is 10.1. The van der Waals surface area contributed by atoms with Gasteiger partial charge in [-0.05, 0) is 0 Å². The summed E-state index contributed by atoms with van der Waals surface area (Å²) < 4.78 is 108. The Morgan fingerprint density at radius 2 is 1.68 bits per heavy atom. The molecule has 0 spiro atoms. The van der Waals surface area contributed by atoms with Crippen molar-refractivity contribution in [3.63, 3.8) is 0 Å². The zero-order chi connectivity index (χ0) is 15.0. The summed E-state index contributed by atoms with van der Waals surface area (Å²) >= 11 is 0. The topological polar surface area (TPSA) is 63.6 Å². The van der Waals surface area contributed by atoms with Gasteiger partial charge >= 0.3 is 16.6 Å². The highest BCUT2D eigenvalue weighted by Gasteiger charge is 2.34. The average molecular weight is 310 g/mol. The van der Waals surface area contributed by atoms with Crippen molar-refractivity contribution in [2.24, 2.45) is 0 Å². The second-order valence-corrected chi connectivity index (χ2v) is 4.29. The van der Waals surface area contributed by atoms with Crippen LogP contribution in [0, 0.1) is 17.5 Å². The number of rotatable bonds is 3. The second-order valence-electron chi connectivity index (χ2n) is 3.26. The number of benzene rings is 1. The minimum Gasteiger partial charge on any atom is -0.355 e. The highest BCUT2D eigenvalue weighted by molar-refractivity contribution is 7.81. The van der Waals surface area contributed by atoms with Gasteiger partial charge in [0.25, 0.3) is 0 Å². The fourth-order valence-corrected chi connectivity index (χ4v) is 1.52. The molecule has 1 N–H and O–H groups in total. The van der Waals surface area contributed by atoms with E-state index in [1.54, 1.807) is 0 Å². The molecule has 11 heteroatoms. The number of halogens is 6. The molecule has 108 valence electrons. The lowest BCUT2D eigenvalue weighted by molar-refractivity contribution is -0.128. The summed E-state index contributed by atoms with van der Waals surface area (Å²) in [6, 6.07) is -0.190. The molecule has 1 aromatic rings. The maximum Gasteiger partial charge on any atom is 0.446 e. The summed E-state index contributed by atoms with van der Waals surface area (Å²) in [5.41, 5.74) is -1.63. The Morgan fingerprint density at radius 1 is 1.16 bits per heavy atom. The summed E-state index contributed by atoms with van der Waals surface area (Å²) in [5, 5.41) is 0. The van der Waals surface area contributed by atoms with E-state index in [9.17, 15) is 34.8 Å². The van der Waals surface area contributed by atoms with Crippen molar-refractivity contribution in [3.05, 3.63) is 29.1 Å². The Kier molecular flexibility index (Phi) is 4.00. The number of hydrogen-bond donors (Lipinski definition) is 1. The molecule has 0 aliphatic heterocycles. The Morgan fingerprint density at radius 3 is 2.11 bits per heavy atom. The lowest BCUT2D eigenvalue weighted by Crippen LogP contribution is -2.17. The molecular formula is C8H4F6O4S. The van der Waals surface area contributed by atoms with Gasteiger partial charge in [0.15, 0.2) is 11.6 Å². The van der Waals surface area contributed by atoms with E-state index < -0.39 is 51.8 Å². The largest absolute Gasteiger partial charge is 0.446 e. The minimum absolute atomic E-state index is 0.190. The molecule has 0 amide bonds. The van der Waals surface area contributed by atoms with Gasteiger partial charge in [0.1, 0.15) is 5.82 Å². The standard InChI is InChI=1S/C8H4F6O4S/c9-4-1-5(10)7(18-19(15,16)17)6(11)3(4)2-8(12,13)14/h1H,2H2,(H,15,16,17). The van der Waals surface area contributed by atoms with E-state index in [0.717, 1.165) is 0 Å². The van der Waals surface area contributed by atoms with Crippen LogP contribution in [0.25, 0.3) is 0 Å². The van der Waals surface area contributed by atoms with Gasteiger partial charge < -0.3 is 4.18 Å². The van der Waals surface area contributed by atoms with Crippen LogP contribution in [-0.2, 0) is 16.8 Å². The molecule has 0 aromatic heterocycles.